The molecule has 1 nitrogen and oxygen atoms in total. The van der Waals surface area contributed by atoms with Gasteiger partial charge in [0.25, 0.3) is 6.17 Å². The molecule has 0 aromatic heterocycles. The van der Waals surface area contributed by atoms with Gasteiger partial charge in [-0.15, -0.1) is 0 Å². The van der Waals surface area contributed by atoms with Crippen molar-refractivity contribution in [1.29, 1.82) is 0 Å². The average Bonchev–Trinajstić information content (AvgIpc) is 1.98. The zero-order valence-corrected chi connectivity index (χ0v) is 6.24. The van der Waals surface area contributed by atoms with E-state index >= 15 is 0 Å². The van der Waals surface area contributed by atoms with Crippen LogP contribution >= 0.6 is 0 Å². The minimum Gasteiger partial charge on any atom is -0.495 e. The summed E-state index contributed by atoms with van der Waals surface area (Å²) in [5.74, 6) is -4.59. The molecule has 78 valence electrons. The zero-order valence-electron chi connectivity index (χ0n) is 6.24. The van der Waals surface area contributed by atoms with Gasteiger partial charge in [0.05, 0.1) is 6.26 Å². The van der Waals surface area contributed by atoms with E-state index in [9.17, 15) is 26.3 Å². The summed E-state index contributed by atoms with van der Waals surface area (Å²) in [4.78, 5) is 0. The summed E-state index contributed by atoms with van der Waals surface area (Å²) in [6.45, 7) is 1.14. The van der Waals surface area contributed by atoms with Crippen LogP contribution in [-0.4, -0.2) is 24.9 Å². The van der Waals surface area contributed by atoms with Gasteiger partial charge in [-0.2, -0.15) is 22.0 Å². The Morgan fingerprint density at radius 1 is 1.23 bits per heavy atom. The van der Waals surface area contributed by atoms with Gasteiger partial charge < -0.3 is 4.74 Å². The highest BCUT2D eigenvalue weighted by atomic mass is 19.4. The normalized spacial score (nSPS) is 15.2. The van der Waals surface area contributed by atoms with Crippen molar-refractivity contribution in [2.75, 3.05) is 6.61 Å². The van der Waals surface area contributed by atoms with Crippen molar-refractivity contribution < 1.29 is 31.1 Å². The van der Waals surface area contributed by atoms with Gasteiger partial charge in [0.2, 0.25) is 0 Å². The van der Waals surface area contributed by atoms with Gasteiger partial charge in [-0.05, 0) is 0 Å². The van der Waals surface area contributed by atoms with E-state index in [0.717, 1.165) is 0 Å². The van der Waals surface area contributed by atoms with Gasteiger partial charge >= 0.3 is 12.1 Å². The topological polar surface area (TPSA) is 9.23 Å². The van der Waals surface area contributed by atoms with Crippen LogP contribution in [0.2, 0.25) is 0 Å². The SMILES string of the molecule is C=COCC(F)(F)[C@@H](F)C(F)(F)F. The van der Waals surface area contributed by atoms with E-state index < -0.39 is 24.9 Å². The molecular formula is C6H6F6O. The number of hydrogen-bond acceptors (Lipinski definition) is 1. The molecule has 0 aliphatic carbocycles. The fourth-order valence-corrected chi connectivity index (χ4v) is 0.483. The first kappa shape index (κ1) is 12.1. The van der Waals surface area contributed by atoms with Crippen molar-refractivity contribution >= 4 is 0 Å². The molecule has 0 rings (SSSR count). The van der Waals surface area contributed by atoms with E-state index in [1.54, 1.807) is 0 Å². The molecule has 0 aliphatic heterocycles. The smallest absolute Gasteiger partial charge is 0.425 e. The molecule has 0 saturated carbocycles. The molecule has 0 aromatic carbocycles. The molecule has 0 N–H and O–H groups in total. The maximum Gasteiger partial charge on any atom is 0.425 e. The Labute approximate surface area is 70.0 Å². The highest BCUT2D eigenvalue weighted by Crippen LogP contribution is 2.34. The first-order valence-corrected chi connectivity index (χ1v) is 3.03. The van der Waals surface area contributed by atoms with Gasteiger partial charge in [-0.3, -0.25) is 0 Å². The molecule has 0 fully saturated rings. The zero-order chi connectivity index (χ0) is 10.7. The van der Waals surface area contributed by atoms with E-state index in [-0.39, 0.29) is 0 Å². The molecule has 0 heterocycles. The van der Waals surface area contributed by atoms with Crippen LogP contribution in [0.3, 0.4) is 0 Å². The maximum atomic E-state index is 12.2. The monoisotopic (exact) mass is 208 g/mol. The second kappa shape index (κ2) is 3.89. The van der Waals surface area contributed by atoms with Crippen LogP contribution in [0.25, 0.3) is 0 Å². The molecular weight excluding hydrogens is 202 g/mol. The standard InChI is InChI=1S/C6H6F6O/c1-2-13-3-5(8,9)4(7)6(10,11)12/h2,4H,1,3H2/t4-/m1/s1. The van der Waals surface area contributed by atoms with Crippen molar-refractivity contribution in [3.05, 3.63) is 12.8 Å². The Morgan fingerprint density at radius 3 is 2.00 bits per heavy atom. The summed E-state index contributed by atoms with van der Waals surface area (Å²) < 4.78 is 74.6. The molecule has 0 spiro atoms. The summed E-state index contributed by atoms with van der Waals surface area (Å²) in [6, 6.07) is 0. The minimum absolute atomic E-state index is 0.511. The third-order valence-electron chi connectivity index (χ3n) is 1.05. The highest BCUT2D eigenvalue weighted by Gasteiger charge is 2.57. The second-order valence-corrected chi connectivity index (χ2v) is 2.14. The lowest BCUT2D eigenvalue weighted by Crippen LogP contribution is -2.44. The summed E-state index contributed by atoms with van der Waals surface area (Å²) in [5, 5.41) is 0. The third-order valence-corrected chi connectivity index (χ3v) is 1.05. The van der Waals surface area contributed by atoms with Crippen molar-refractivity contribution in [3.8, 4) is 0 Å². The Balaban J connectivity index is 4.34. The molecule has 0 aromatic rings. The Hall–Kier alpha value is -0.880. The molecule has 0 unspecified atom stereocenters. The van der Waals surface area contributed by atoms with Crippen molar-refractivity contribution in [1.82, 2.24) is 0 Å². The predicted molar refractivity (Wildman–Crippen MR) is 32.0 cm³/mol. The highest BCUT2D eigenvalue weighted by molar-refractivity contribution is 4.83. The van der Waals surface area contributed by atoms with Gasteiger partial charge in [0.15, 0.2) is 6.61 Å². The second-order valence-electron chi connectivity index (χ2n) is 2.14. The van der Waals surface area contributed by atoms with E-state index in [0.29, 0.717) is 6.26 Å². The molecule has 1 atom stereocenters. The summed E-state index contributed by atoms with van der Waals surface area (Å²) in [7, 11) is 0. The van der Waals surface area contributed by atoms with Crippen LogP contribution in [-0.2, 0) is 4.74 Å². The van der Waals surface area contributed by atoms with Gasteiger partial charge in [-0.1, -0.05) is 6.58 Å². The molecule has 0 radical (unpaired) electrons. The van der Waals surface area contributed by atoms with E-state index in [1.807, 2.05) is 0 Å². The third kappa shape index (κ3) is 3.56. The number of rotatable bonds is 4. The Kier molecular flexibility index (Phi) is 3.62. The van der Waals surface area contributed by atoms with Crippen LogP contribution in [0.5, 0.6) is 0 Å². The Morgan fingerprint density at radius 2 is 1.69 bits per heavy atom. The van der Waals surface area contributed by atoms with Gasteiger partial charge in [0, 0.05) is 0 Å². The largest absolute Gasteiger partial charge is 0.495 e. The first-order valence-electron chi connectivity index (χ1n) is 3.03. The van der Waals surface area contributed by atoms with Crippen molar-refractivity contribution in [2.45, 2.75) is 18.3 Å². The molecule has 0 amide bonds. The van der Waals surface area contributed by atoms with Crippen LogP contribution < -0.4 is 0 Å². The van der Waals surface area contributed by atoms with Gasteiger partial charge in [0.1, 0.15) is 0 Å². The van der Waals surface area contributed by atoms with E-state index in [4.69, 9.17) is 0 Å². The number of hydrogen-bond donors (Lipinski definition) is 0. The van der Waals surface area contributed by atoms with E-state index in [1.165, 1.54) is 0 Å². The molecule has 0 bridgehead atoms. The van der Waals surface area contributed by atoms with Crippen LogP contribution in [0.4, 0.5) is 26.3 Å². The molecule has 0 aliphatic rings. The molecule has 7 heteroatoms. The summed E-state index contributed by atoms with van der Waals surface area (Å²) in [5.41, 5.74) is 0. The van der Waals surface area contributed by atoms with Crippen molar-refractivity contribution in [3.63, 3.8) is 0 Å². The quantitative estimate of drug-likeness (QED) is 0.509. The number of halogens is 6. The molecule has 0 saturated heterocycles. The fraction of sp³-hybridized carbons (Fsp3) is 0.667. The summed E-state index contributed by atoms with van der Waals surface area (Å²) in [6.07, 6.45) is -9.30. The lowest BCUT2D eigenvalue weighted by molar-refractivity contribution is -0.252. The predicted octanol–water partition coefficient (Wildman–Crippen LogP) is 2.68. The minimum atomic E-state index is -5.59. The van der Waals surface area contributed by atoms with Crippen LogP contribution in [0.1, 0.15) is 0 Å². The molecule has 13 heavy (non-hydrogen) atoms. The fourth-order valence-electron chi connectivity index (χ4n) is 0.483. The van der Waals surface area contributed by atoms with Gasteiger partial charge in [-0.25, -0.2) is 4.39 Å². The maximum absolute atomic E-state index is 12.2. The van der Waals surface area contributed by atoms with E-state index in [2.05, 4.69) is 11.3 Å². The number of ether oxygens (including phenoxy) is 1. The van der Waals surface area contributed by atoms with Crippen molar-refractivity contribution in [2.24, 2.45) is 0 Å². The number of alkyl halides is 6. The lowest BCUT2D eigenvalue weighted by atomic mass is 10.2. The first-order chi connectivity index (χ1) is 5.72. The summed E-state index contributed by atoms with van der Waals surface area (Å²) >= 11 is 0. The lowest BCUT2D eigenvalue weighted by Gasteiger charge is -2.21. The van der Waals surface area contributed by atoms with Crippen LogP contribution in [0, 0.1) is 0 Å². The Bertz CT molecular complexity index is 174. The average molecular weight is 208 g/mol. The van der Waals surface area contributed by atoms with Crippen LogP contribution in [0.15, 0.2) is 12.8 Å².